The molecule has 4 aromatic rings. The fourth-order valence-electron chi connectivity index (χ4n) is 3.11. The van der Waals surface area contributed by atoms with E-state index in [2.05, 4.69) is 30.6 Å². The van der Waals surface area contributed by atoms with E-state index in [0.29, 0.717) is 11.3 Å². The van der Waals surface area contributed by atoms with E-state index in [-0.39, 0.29) is 34.5 Å². The number of nitrogens with one attached hydrogen (secondary N) is 3. The predicted octanol–water partition coefficient (Wildman–Crippen LogP) is 4.07. The quantitative estimate of drug-likeness (QED) is 0.349. The highest BCUT2D eigenvalue weighted by Gasteiger charge is 2.17. The van der Waals surface area contributed by atoms with E-state index in [1.807, 2.05) is 5.32 Å². The molecule has 0 aliphatic carbocycles. The third-order valence-corrected chi connectivity index (χ3v) is 4.58. The monoisotopic (exact) mass is 466 g/mol. The first-order valence-electron chi connectivity index (χ1n) is 11.3. The molecule has 4 rings (SSSR count). The molecule has 0 spiro atoms. The lowest BCUT2D eigenvalue weighted by Crippen LogP contribution is -2.19. The summed E-state index contributed by atoms with van der Waals surface area (Å²) in [5, 5.41) is 7.79. The zero-order valence-corrected chi connectivity index (χ0v) is 17.6. The molecule has 3 N–H and O–H groups in total. The Morgan fingerprint density at radius 3 is 2.50 bits per heavy atom. The number of pyridine rings is 2. The number of rotatable bonds is 7. The number of nitrogens with zero attached hydrogens (tertiary/aromatic N) is 4. The smallest absolute Gasteiger partial charge is 0.254 e. The van der Waals surface area contributed by atoms with Gasteiger partial charge in [-0.25, -0.2) is 24.3 Å². The van der Waals surface area contributed by atoms with Crippen LogP contribution in [0, 0.1) is 11.8 Å². The first-order chi connectivity index (χ1) is 17.6. The van der Waals surface area contributed by atoms with Crippen molar-refractivity contribution in [2.24, 2.45) is 0 Å². The summed E-state index contributed by atoms with van der Waals surface area (Å²) in [6.45, 7) is -2.74. The highest BCUT2D eigenvalue weighted by atomic mass is 19.1. The number of benzene rings is 1. The van der Waals surface area contributed by atoms with Gasteiger partial charge in [-0.3, -0.25) is 4.79 Å². The van der Waals surface area contributed by atoms with Crippen molar-refractivity contribution in [2.45, 2.75) is 0 Å². The van der Waals surface area contributed by atoms with Crippen molar-refractivity contribution in [1.82, 2.24) is 25.3 Å². The topological polar surface area (TPSA) is 114 Å². The van der Waals surface area contributed by atoms with E-state index in [1.165, 1.54) is 31.4 Å². The van der Waals surface area contributed by atoms with Gasteiger partial charge in [-0.1, -0.05) is 12.1 Å². The third kappa shape index (κ3) is 4.88. The van der Waals surface area contributed by atoms with Crippen LogP contribution in [0.3, 0.4) is 0 Å². The second kappa shape index (κ2) is 9.86. The summed E-state index contributed by atoms with van der Waals surface area (Å²) in [6.07, 6.45) is 3.19. The Morgan fingerprint density at radius 1 is 0.971 bits per heavy atom. The second-order valence-corrected chi connectivity index (χ2v) is 6.78. The second-order valence-electron chi connectivity index (χ2n) is 6.78. The highest BCUT2D eigenvalue weighted by molar-refractivity contribution is 6.00. The third-order valence-electron chi connectivity index (χ3n) is 4.58. The van der Waals surface area contributed by atoms with Crippen LogP contribution in [0.4, 0.5) is 31.8 Å². The fourth-order valence-corrected chi connectivity index (χ4v) is 3.11. The number of ether oxygens (including phenoxy) is 1. The summed E-state index contributed by atoms with van der Waals surface area (Å²) in [4.78, 5) is 28.5. The Balaban J connectivity index is 1.75. The molecule has 0 unspecified atom stereocenters. The molecule has 3 aromatic heterocycles. The van der Waals surface area contributed by atoms with Crippen molar-refractivity contribution < 1.29 is 22.4 Å². The average Bonchev–Trinajstić information content (AvgIpc) is 2.83. The number of carbonyl (C=O) groups is 1. The Bertz CT molecular complexity index is 1440. The number of methoxy groups -OCH3 is 1. The van der Waals surface area contributed by atoms with Crippen LogP contribution in [0.25, 0.3) is 11.4 Å². The number of halogens is 2. The van der Waals surface area contributed by atoms with Gasteiger partial charge >= 0.3 is 0 Å². The number of para-hydroxylation sites is 1. The van der Waals surface area contributed by atoms with Crippen molar-refractivity contribution in [1.29, 1.82) is 0 Å². The Morgan fingerprint density at radius 2 is 1.76 bits per heavy atom. The van der Waals surface area contributed by atoms with Crippen LogP contribution in [0.1, 0.15) is 14.5 Å². The Kier molecular flexibility index (Phi) is 5.47. The summed E-state index contributed by atoms with van der Waals surface area (Å²) < 4.78 is 54.5. The molecule has 34 heavy (non-hydrogen) atoms. The molecule has 0 bridgehead atoms. The van der Waals surface area contributed by atoms with Crippen molar-refractivity contribution in [3.8, 4) is 17.1 Å². The van der Waals surface area contributed by atoms with E-state index in [1.54, 1.807) is 18.2 Å². The molecule has 0 aliphatic rings. The van der Waals surface area contributed by atoms with Crippen molar-refractivity contribution in [3.05, 3.63) is 78.4 Å². The van der Waals surface area contributed by atoms with Gasteiger partial charge in [0.1, 0.15) is 11.6 Å². The standard InChI is InChI=1S/C23H19F2N7O2/c1-26-23(33)15-12-27-20(32-19-8-4-7-18(25)31-19)9-17(15)30-16-6-3-5-14(21(16)34-2)22-28-10-13(24)11-29-22/h3-12H,1-2H3,(H,26,33)(H2,27,30,31,32)/i1D3. The molecule has 0 aliphatic heterocycles. The molecule has 11 heteroatoms. The minimum Gasteiger partial charge on any atom is -0.494 e. The largest absolute Gasteiger partial charge is 0.494 e. The molecule has 3 heterocycles. The maximum absolute atomic E-state index is 13.5. The number of hydrogen-bond donors (Lipinski definition) is 3. The van der Waals surface area contributed by atoms with E-state index in [0.717, 1.165) is 18.6 Å². The van der Waals surface area contributed by atoms with Crippen LogP contribution in [0.5, 0.6) is 5.75 Å². The van der Waals surface area contributed by atoms with Gasteiger partial charge in [0, 0.05) is 23.4 Å². The minimum absolute atomic E-state index is 0.0978. The summed E-state index contributed by atoms with van der Waals surface area (Å²) in [6, 6.07) is 10.5. The van der Waals surface area contributed by atoms with E-state index >= 15 is 0 Å². The van der Waals surface area contributed by atoms with Crippen LogP contribution in [0.15, 0.2) is 61.1 Å². The number of aromatic nitrogens is 4. The van der Waals surface area contributed by atoms with Crippen molar-refractivity contribution in [3.63, 3.8) is 0 Å². The molecule has 0 fully saturated rings. The molecule has 0 atom stereocenters. The van der Waals surface area contributed by atoms with Gasteiger partial charge in [0.15, 0.2) is 17.4 Å². The molecule has 1 amide bonds. The summed E-state index contributed by atoms with van der Waals surface area (Å²) in [7, 11) is 1.41. The summed E-state index contributed by atoms with van der Waals surface area (Å²) in [5.41, 5.74) is 0.833. The van der Waals surface area contributed by atoms with Gasteiger partial charge in [0.2, 0.25) is 5.95 Å². The number of anilines is 4. The Labute approximate surface area is 197 Å². The number of amides is 1. The SMILES string of the molecule is [2H]C([2H])([2H])NC(=O)c1cnc(Nc2cccc(F)n2)cc1Nc1cccc(-c2ncc(F)cn2)c1OC. The van der Waals surface area contributed by atoms with Crippen molar-refractivity contribution >= 4 is 28.9 Å². The fraction of sp³-hybridized carbons (Fsp3) is 0.0870. The first-order valence-corrected chi connectivity index (χ1v) is 9.77. The number of hydrogen-bond acceptors (Lipinski definition) is 8. The molecule has 0 saturated heterocycles. The van der Waals surface area contributed by atoms with Gasteiger partial charge in [-0.15, -0.1) is 0 Å². The van der Waals surface area contributed by atoms with Crippen molar-refractivity contribution in [2.75, 3.05) is 24.7 Å². The van der Waals surface area contributed by atoms with E-state index in [9.17, 15) is 13.6 Å². The zero-order chi connectivity index (χ0) is 26.6. The first kappa shape index (κ1) is 18.9. The molecular formula is C23H19F2N7O2. The normalized spacial score (nSPS) is 12.1. The maximum atomic E-state index is 13.5. The molecule has 1 aromatic carbocycles. The van der Waals surface area contributed by atoms with Crippen LogP contribution in [-0.2, 0) is 0 Å². The van der Waals surface area contributed by atoms with Gasteiger partial charge in [-0.2, -0.15) is 4.39 Å². The summed E-state index contributed by atoms with van der Waals surface area (Å²) >= 11 is 0. The van der Waals surface area contributed by atoms with E-state index < -0.39 is 24.6 Å². The molecule has 172 valence electrons. The van der Waals surface area contributed by atoms with E-state index in [4.69, 9.17) is 8.85 Å². The molecule has 0 radical (unpaired) electrons. The minimum atomic E-state index is -2.74. The van der Waals surface area contributed by atoms with Crippen LogP contribution >= 0.6 is 0 Å². The molecule has 0 saturated carbocycles. The van der Waals surface area contributed by atoms with Crippen LogP contribution < -0.4 is 20.7 Å². The summed E-state index contributed by atoms with van der Waals surface area (Å²) in [5.74, 6) is -1.42. The van der Waals surface area contributed by atoms with Gasteiger partial charge in [0.05, 0.1) is 42.0 Å². The van der Waals surface area contributed by atoms with Gasteiger partial charge in [-0.05, 0) is 24.3 Å². The lowest BCUT2D eigenvalue weighted by molar-refractivity contribution is 0.0963. The zero-order valence-electron chi connectivity index (χ0n) is 20.6. The predicted molar refractivity (Wildman–Crippen MR) is 122 cm³/mol. The van der Waals surface area contributed by atoms with Crippen LogP contribution in [0.2, 0.25) is 0 Å². The molecular weight excluding hydrogens is 444 g/mol. The highest BCUT2D eigenvalue weighted by Crippen LogP contribution is 2.37. The average molecular weight is 466 g/mol. The Hall–Kier alpha value is -4.67. The number of carbonyl (C=O) groups excluding carboxylic acids is 1. The van der Waals surface area contributed by atoms with Crippen LogP contribution in [-0.4, -0.2) is 39.9 Å². The van der Waals surface area contributed by atoms with Gasteiger partial charge < -0.3 is 20.7 Å². The lowest BCUT2D eigenvalue weighted by atomic mass is 10.1. The lowest BCUT2D eigenvalue weighted by Gasteiger charge is -2.17. The molecule has 9 nitrogen and oxygen atoms in total. The van der Waals surface area contributed by atoms with Gasteiger partial charge in [0.25, 0.3) is 5.91 Å². The maximum Gasteiger partial charge on any atom is 0.254 e.